The fourth-order valence-corrected chi connectivity index (χ4v) is 4.20. The molecule has 8 nitrogen and oxygen atoms in total. The fraction of sp³-hybridized carbons (Fsp3) is 0.375. The quantitative estimate of drug-likeness (QED) is 0.403. The number of rotatable bonds is 7. The zero-order chi connectivity index (χ0) is 22.5. The van der Waals surface area contributed by atoms with Crippen molar-refractivity contribution < 1.29 is 24.2 Å². The molecule has 3 heterocycles. The first-order chi connectivity index (χ1) is 15.6. The largest absolute Gasteiger partial charge is 0.507 e. The number of carbonyl (C=O) groups excluding carboxylic acids is 2. The van der Waals surface area contributed by atoms with Crippen molar-refractivity contribution in [1.82, 2.24) is 14.8 Å². The van der Waals surface area contributed by atoms with Crippen LogP contribution in [0.5, 0.6) is 5.75 Å². The number of carbonyl (C=O) groups is 2. The molecule has 1 aromatic carbocycles. The van der Waals surface area contributed by atoms with Crippen LogP contribution in [0.4, 0.5) is 0 Å². The molecule has 0 unspecified atom stereocenters. The van der Waals surface area contributed by atoms with Crippen LogP contribution in [0.3, 0.4) is 0 Å². The maximum absolute atomic E-state index is 13.0. The summed E-state index contributed by atoms with van der Waals surface area (Å²) >= 11 is 0. The van der Waals surface area contributed by atoms with Gasteiger partial charge in [0, 0.05) is 44.1 Å². The van der Waals surface area contributed by atoms with E-state index in [2.05, 4.69) is 9.88 Å². The monoisotopic (exact) mass is 437 g/mol. The van der Waals surface area contributed by atoms with Crippen molar-refractivity contribution in [2.24, 2.45) is 0 Å². The number of ether oxygens (including phenoxy) is 2. The number of nitrogens with zero attached hydrogens (tertiary/aromatic N) is 3. The van der Waals surface area contributed by atoms with E-state index in [0.717, 1.165) is 31.6 Å². The van der Waals surface area contributed by atoms with E-state index in [1.54, 1.807) is 36.3 Å². The van der Waals surface area contributed by atoms with E-state index in [4.69, 9.17) is 9.47 Å². The van der Waals surface area contributed by atoms with E-state index < -0.39 is 17.7 Å². The number of aliphatic hydroxyl groups is 1. The molecule has 0 bridgehead atoms. The Morgan fingerprint density at radius 3 is 2.44 bits per heavy atom. The third kappa shape index (κ3) is 4.51. The molecule has 1 N–H and O–H groups in total. The molecule has 1 amide bonds. The summed E-state index contributed by atoms with van der Waals surface area (Å²) in [7, 11) is 1.58. The van der Waals surface area contributed by atoms with E-state index in [1.165, 1.54) is 12.4 Å². The first-order valence-corrected chi connectivity index (χ1v) is 10.7. The summed E-state index contributed by atoms with van der Waals surface area (Å²) in [4.78, 5) is 33.8. The molecule has 0 spiro atoms. The molecule has 8 heteroatoms. The number of benzene rings is 1. The second-order valence-electron chi connectivity index (χ2n) is 7.81. The number of morpholine rings is 1. The highest BCUT2D eigenvalue weighted by Crippen LogP contribution is 2.39. The molecule has 2 aliphatic rings. The standard InChI is InChI=1S/C24H27N3O5/c1-31-19-5-3-17(4-6-19)21-20(22(28)18-7-9-25-10-8-18)23(29)24(30)27(21)12-2-11-26-13-15-32-16-14-26/h3-10,21,28H,2,11-16H2,1H3/b22-20+/t21-/m0/s1. The Morgan fingerprint density at radius 1 is 1.09 bits per heavy atom. The number of aromatic nitrogens is 1. The maximum atomic E-state index is 13.0. The molecule has 2 fully saturated rings. The van der Waals surface area contributed by atoms with Crippen molar-refractivity contribution in [3.63, 3.8) is 0 Å². The van der Waals surface area contributed by atoms with Crippen LogP contribution >= 0.6 is 0 Å². The molecule has 0 saturated carbocycles. The Morgan fingerprint density at radius 2 is 1.78 bits per heavy atom. The van der Waals surface area contributed by atoms with Gasteiger partial charge in [-0.05, 0) is 36.2 Å². The summed E-state index contributed by atoms with van der Waals surface area (Å²) in [6.07, 6.45) is 3.79. The lowest BCUT2D eigenvalue weighted by Crippen LogP contribution is -2.38. The van der Waals surface area contributed by atoms with E-state index >= 15 is 0 Å². The number of hydrogen-bond donors (Lipinski definition) is 1. The Bertz CT molecular complexity index is 984. The molecule has 32 heavy (non-hydrogen) atoms. The van der Waals surface area contributed by atoms with Gasteiger partial charge in [-0.15, -0.1) is 0 Å². The highest BCUT2D eigenvalue weighted by molar-refractivity contribution is 6.46. The number of ketones is 1. The summed E-state index contributed by atoms with van der Waals surface area (Å²) in [6.45, 7) is 4.37. The number of aliphatic hydroxyl groups excluding tert-OH is 1. The first kappa shape index (κ1) is 22.0. The van der Waals surface area contributed by atoms with E-state index in [1.807, 2.05) is 12.1 Å². The van der Waals surface area contributed by atoms with Gasteiger partial charge in [-0.25, -0.2) is 0 Å². The Hall–Kier alpha value is -3.23. The van der Waals surface area contributed by atoms with Crippen molar-refractivity contribution in [3.05, 3.63) is 65.5 Å². The number of amides is 1. The number of likely N-dealkylation sites (tertiary alicyclic amines) is 1. The third-order valence-corrected chi connectivity index (χ3v) is 5.90. The average Bonchev–Trinajstić information content (AvgIpc) is 3.10. The van der Waals surface area contributed by atoms with Gasteiger partial charge in [-0.3, -0.25) is 19.5 Å². The highest BCUT2D eigenvalue weighted by atomic mass is 16.5. The molecule has 2 aliphatic heterocycles. The van der Waals surface area contributed by atoms with E-state index in [-0.39, 0.29) is 11.3 Å². The molecule has 2 saturated heterocycles. The SMILES string of the molecule is COc1ccc([C@H]2/C(=C(\O)c3ccncc3)C(=O)C(=O)N2CCCN2CCOCC2)cc1. The molecule has 0 radical (unpaired) electrons. The lowest BCUT2D eigenvalue weighted by Gasteiger charge is -2.29. The van der Waals surface area contributed by atoms with Crippen molar-refractivity contribution in [2.45, 2.75) is 12.5 Å². The minimum atomic E-state index is -0.675. The van der Waals surface area contributed by atoms with Gasteiger partial charge in [0.05, 0.1) is 31.9 Å². The zero-order valence-corrected chi connectivity index (χ0v) is 18.1. The van der Waals surface area contributed by atoms with Crippen LogP contribution in [0, 0.1) is 0 Å². The Kier molecular flexibility index (Phi) is 6.82. The third-order valence-electron chi connectivity index (χ3n) is 5.90. The Labute approximate surface area is 187 Å². The van der Waals surface area contributed by atoms with Crippen LogP contribution in [0.2, 0.25) is 0 Å². The molecular weight excluding hydrogens is 410 g/mol. The van der Waals surface area contributed by atoms with Crippen molar-refractivity contribution in [1.29, 1.82) is 0 Å². The minimum absolute atomic E-state index is 0.0951. The summed E-state index contributed by atoms with van der Waals surface area (Å²) in [5.74, 6) is -0.788. The van der Waals surface area contributed by atoms with Crippen LogP contribution in [0.15, 0.2) is 54.4 Å². The second-order valence-corrected chi connectivity index (χ2v) is 7.81. The molecule has 2 aromatic rings. The summed E-state index contributed by atoms with van der Waals surface area (Å²) in [5, 5.41) is 11.0. The average molecular weight is 437 g/mol. The smallest absolute Gasteiger partial charge is 0.295 e. The number of Topliss-reactive ketones (excluding diaryl/α,β-unsaturated/α-hetero) is 1. The number of hydrogen-bond acceptors (Lipinski definition) is 7. The van der Waals surface area contributed by atoms with Crippen LogP contribution < -0.4 is 4.74 Å². The summed E-state index contributed by atoms with van der Waals surface area (Å²) in [5.41, 5.74) is 1.29. The van der Waals surface area contributed by atoms with E-state index in [0.29, 0.717) is 31.1 Å². The van der Waals surface area contributed by atoms with Gasteiger partial charge in [0.1, 0.15) is 11.5 Å². The normalized spacial score (nSPS) is 21.2. The zero-order valence-electron chi connectivity index (χ0n) is 18.1. The van der Waals surface area contributed by atoms with Gasteiger partial charge < -0.3 is 19.5 Å². The van der Waals surface area contributed by atoms with Gasteiger partial charge in [-0.2, -0.15) is 0 Å². The highest BCUT2D eigenvalue weighted by Gasteiger charge is 2.45. The summed E-state index contributed by atoms with van der Waals surface area (Å²) in [6, 6.07) is 9.79. The van der Waals surface area contributed by atoms with Crippen LogP contribution in [-0.4, -0.2) is 78.1 Å². The molecule has 1 atom stereocenters. The van der Waals surface area contributed by atoms with Crippen LogP contribution in [0.1, 0.15) is 23.6 Å². The lowest BCUT2D eigenvalue weighted by atomic mass is 9.95. The second kappa shape index (κ2) is 9.93. The van der Waals surface area contributed by atoms with Gasteiger partial charge >= 0.3 is 0 Å². The van der Waals surface area contributed by atoms with Gasteiger partial charge in [0.2, 0.25) is 0 Å². The van der Waals surface area contributed by atoms with Crippen molar-refractivity contribution in [2.75, 3.05) is 46.5 Å². The number of methoxy groups -OCH3 is 1. The van der Waals surface area contributed by atoms with Gasteiger partial charge in [0.15, 0.2) is 0 Å². The molecule has 168 valence electrons. The Balaban J connectivity index is 1.65. The van der Waals surface area contributed by atoms with Crippen molar-refractivity contribution in [3.8, 4) is 5.75 Å². The first-order valence-electron chi connectivity index (χ1n) is 10.7. The predicted octanol–water partition coefficient (Wildman–Crippen LogP) is 2.23. The molecule has 4 rings (SSSR count). The minimum Gasteiger partial charge on any atom is -0.507 e. The summed E-state index contributed by atoms with van der Waals surface area (Å²) < 4.78 is 10.6. The topological polar surface area (TPSA) is 92.2 Å². The molecular formula is C24H27N3O5. The van der Waals surface area contributed by atoms with E-state index in [9.17, 15) is 14.7 Å². The number of pyridine rings is 1. The van der Waals surface area contributed by atoms with Crippen molar-refractivity contribution >= 4 is 17.4 Å². The van der Waals surface area contributed by atoms with Gasteiger partial charge in [-0.1, -0.05) is 12.1 Å². The lowest BCUT2D eigenvalue weighted by molar-refractivity contribution is -0.140. The molecule has 0 aliphatic carbocycles. The fourth-order valence-electron chi connectivity index (χ4n) is 4.20. The van der Waals surface area contributed by atoms with Crippen LogP contribution in [0.25, 0.3) is 5.76 Å². The van der Waals surface area contributed by atoms with Gasteiger partial charge in [0.25, 0.3) is 11.7 Å². The van der Waals surface area contributed by atoms with Crippen LogP contribution in [-0.2, 0) is 14.3 Å². The predicted molar refractivity (Wildman–Crippen MR) is 118 cm³/mol. The maximum Gasteiger partial charge on any atom is 0.295 e. The molecule has 1 aromatic heterocycles.